The Hall–Kier alpha value is -1.56. The monoisotopic (exact) mass is 493 g/mol. The van der Waals surface area contributed by atoms with Crippen LogP contribution in [-0.2, 0) is 0 Å². The van der Waals surface area contributed by atoms with Gasteiger partial charge >= 0.3 is 0 Å². The van der Waals surface area contributed by atoms with E-state index in [9.17, 15) is 0 Å². The topological polar surface area (TPSA) is 47.5 Å². The lowest BCUT2D eigenvalue weighted by molar-refractivity contribution is 0.109. The van der Waals surface area contributed by atoms with Gasteiger partial charge in [0.2, 0.25) is 5.88 Å². The van der Waals surface area contributed by atoms with Gasteiger partial charge in [0, 0.05) is 30.6 Å². The van der Waals surface area contributed by atoms with Gasteiger partial charge in [-0.2, -0.15) is 5.10 Å². The lowest BCUT2D eigenvalue weighted by Gasteiger charge is -2.29. The summed E-state index contributed by atoms with van der Waals surface area (Å²) in [5.41, 5.74) is 3.48. The van der Waals surface area contributed by atoms with Crippen molar-refractivity contribution in [3.05, 3.63) is 36.0 Å². The lowest BCUT2D eigenvalue weighted by Crippen LogP contribution is -2.35. The molecule has 5 nitrogen and oxygen atoms in total. The molecule has 0 amide bonds. The van der Waals surface area contributed by atoms with E-state index in [-0.39, 0.29) is 30.9 Å². The van der Waals surface area contributed by atoms with E-state index in [1.807, 2.05) is 0 Å². The van der Waals surface area contributed by atoms with E-state index in [0.717, 1.165) is 37.4 Å². The van der Waals surface area contributed by atoms with Crippen molar-refractivity contribution < 1.29 is 9.47 Å². The summed E-state index contributed by atoms with van der Waals surface area (Å²) in [6, 6.07) is 10.7. The highest BCUT2D eigenvalue weighted by Crippen LogP contribution is 2.41. The van der Waals surface area contributed by atoms with Crippen LogP contribution in [0.3, 0.4) is 0 Å². The average molecular weight is 495 g/mol. The maximum atomic E-state index is 6.25. The number of likely N-dealkylation sites (tertiary alicyclic amines) is 1. The fourth-order valence-corrected chi connectivity index (χ4v) is 5.02. The number of piperidine rings is 1. The lowest BCUT2D eigenvalue weighted by atomic mass is 9.80. The molecule has 33 heavy (non-hydrogen) atoms. The summed E-state index contributed by atoms with van der Waals surface area (Å²) in [5, 5.41) is 9.12. The molecule has 0 bridgehead atoms. The summed E-state index contributed by atoms with van der Waals surface area (Å²) in [5.74, 6) is 2.17. The molecule has 7 heteroatoms. The first kappa shape index (κ1) is 26.1. The molecule has 5 rings (SSSR count). The summed E-state index contributed by atoms with van der Waals surface area (Å²) in [6.45, 7) is 2.15. The van der Waals surface area contributed by atoms with Gasteiger partial charge in [-0.1, -0.05) is 25.0 Å². The number of hydrogen-bond donors (Lipinski definition) is 0. The van der Waals surface area contributed by atoms with Crippen LogP contribution in [0.2, 0.25) is 0 Å². The van der Waals surface area contributed by atoms with Crippen molar-refractivity contribution in [2.24, 2.45) is 0 Å². The van der Waals surface area contributed by atoms with Gasteiger partial charge in [0.05, 0.1) is 11.8 Å². The Bertz CT molecular complexity index is 862. The second-order valence-electron chi connectivity index (χ2n) is 9.63. The second-order valence-corrected chi connectivity index (χ2v) is 9.63. The maximum absolute atomic E-state index is 6.25. The third-order valence-electron chi connectivity index (χ3n) is 7.27. The molecule has 2 aromatic rings. The summed E-state index contributed by atoms with van der Waals surface area (Å²) < 4.78 is 12.5. The van der Waals surface area contributed by atoms with Crippen molar-refractivity contribution in [1.29, 1.82) is 0 Å². The zero-order chi connectivity index (χ0) is 21.0. The molecule has 0 N–H and O–H groups in total. The van der Waals surface area contributed by atoms with Gasteiger partial charge in [-0.3, -0.25) is 0 Å². The average Bonchev–Trinajstić information content (AvgIpc) is 2.76. The van der Waals surface area contributed by atoms with E-state index in [1.165, 1.54) is 62.5 Å². The van der Waals surface area contributed by atoms with E-state index >= 15 is 0 Å². The summed E-state index contributed by atoms with van der Waals surface area (Å²) in [7, 11) is 2.17. The Morgan fingerprint density at radius 1 is 0.758 bits per heavy atom. The number of halogens is 2. The van der Waals surface area contributed by atoms with E-state index < -0.39 is 0 Å². The molecular weight excluding hydrogens is 457 g/mol. The first-order valence-electron chi connectivity index (χ1n) is 12.2. The molecule has 2 aliphatic carbocycles. The highest BCUT2D eigenvalue weighted by Gasteiger charge is 2.26. The molecule has 1 aromatic heterocycles. The van der Waals surface area contributed by atoms with Gasteiger partial charge in [0.1, 0.15) is 11.9 Å². The molecule has 1 aliphatic heterocycles. The van der Waals surface area contributed by atoms with Crippen molar-refractivity contribution in [2.45, 2.75) is 82.3 Å². The fraction of sp³-hybridized carbons (Fsp3) is 0.615. The molecule has 0 atom stereocenters. The van der Waals surface area contributed by atoms with Crippen LogP contribution in [0.25, 0.3) is 11.1 Å². The van der Waals surface area contributed by atoms with E-state index in [4.69, 9.17) is 9.47 Å². The van der Waals surface area contributed by atoms with E-state index in [2.05, 4.69) is 52.5 Å². The predicted octanol–water partition coefficient (Wildman–Crippen LogP) is 6.44. The van der Waals surface area contributed by atoms with Gasteiger partial charge in [-0.15, -0.1) is 29.9 Å². The van der Waals surface area contributed by atoms with Crippen LogP contribution in [0.4, 0.5) is 0 Å². The minimum Gasteiger partial charge on any atom is -0.490 e. The first-order valence-corrected chi connectivity index (χ1v) is 12.2. The fourth-order valence-electron chi connectivity index (χ4n) is 5.02. The summed E-state index contributed by atoms with van der Waals surface area (Å²) in [6.07, 6.45) is 12.7. The zero-order valence-electron chi connectivity index (χ0n) is 19.6. The summed E-state index contributed by atoms with van der Waals surface area (Å²) >= 11 is 0. The van der Waals surface area contributed by atoms with Crippen molar-refractivity contribution in [2.75, 3.05) is 20.1 Å². The Morgan fingerprint density at radius 3 is 2.06 bits per heavy atom. The minimum absolute atomic E-state index is 0. The van der Waals surface area contributed by atoms with Crippen molar-refractivity contribution in [1.82, 2.24) is 15.1 Å². The molecule has 0 unspecified atom stereocenters. The van der Waals surface area contributed by atoms with Crippen LogP contribution in [-0.4, -0.2) is 47.4 Å². The van der Waals surface area contributed by atoms with E-state index in [1.54, 1.807) is 0 Å². The quantitative estimate of drug-likeness (QED) is 0.463. The first-order chi connectivity index (χ1) is 15.2. The molecule has 3 fully saturated rings. The second kappa shape index (κ2) is 12.2. The van der Waals surface area contributed by atoms with Crippen molar-refractivity contribution >= 4 is 24.8 Å². The van der Waals surface area contributed by atoms with Crippen LogP contribution >= 0.6 is 24.8 Å². The number of ether oxygens (including phenoxy) is 2. The number of rotatable bonds is 6. The number of aromatic nitrogens is 2. The van der Waals surface area contributed by atoms with Gasteiger partial charge in [-0.25, -0.2) is 0 Å². The SMILES string of the molecule is CN1CCC(Oc2cc(-c3ccc(OC4CCCCC4)cc3)c(C3CCC3)nn2)CC1.Cl.Cl. The third-order valence-corrected chi connectivity index (χ3v) is 7.27. The standard InChI is InChI=1S/C26H35N3O2.2ClH/c1-29-16-14-23(15-17-29)31-25-18-24(26(28-27-25)20-6-5-7-20)19-10-12-22(13-11-19)30-21-8-3-2-4-9-21;;/h10-13,18,20-21,23H,2-9,14-17H2,1H3;2*1H. The Balaban J connectivity index is 0.00000153. The van der Waals surface area contributed by atoms with Crippen molar-refractivity contribution in [3.8, 4) is 22.8 Å². The van der Waals surface area contributed by atoms with Gasteiger partial charge in [0.15, 0.2) is 0 Å². The minimum atomic E-state index is 0. The van der Waals surface area contributed by atoms with Crippen LogP contribution in [0.5, 0.6) is 11.6 Å². The van der Waals surface area contributed by atoms with Gasteiger partial charge in [0.25, 0.3) is 0 Å². The Morgan fingerprint density at radius 2 is 1.42 bits per heavy atom. The number of benzene rings is 1. The maximum Gasteiger partial charge on any atom is 0.234 e. The van der Waals surface area contributed by atoms with Crippen LogP contribution in [0.1, 0.15) is 75.8 Å². The Kier molecular flexibility index (Phi) is 9.66. The van der Waals surface area contributed by atoms with Crippen LogP contribution < -0.4 is 9.47 Å². The van der Waals surface area contributed by atoms with Crippen molar-refractivity contribution in [3.63, 3.8) is 0 Å². The van der Waals surface area contributed by atoms with Gasteiger partial charge in [-0.05, 0) is 76.1 Å². The molecule has 0 radical (unpaired) electrons. The zero-order valence-corrected chi connectivity index (χ0v) is 21.2. The number of nitrogens with zero attached hydrogens (tertiary/aromatic N) is 3. The molecule has 1 saturated heterocycles. The molecule has 3 aliphatic rings. The summed E-state index contributed by atoms with van der Waals surface area (Å²) in [4.78, 5) is 2.35. The largest absolute Gasteiger partial charge is 0.490 e. The highest BCUT2D eigenvalue weighted by molar-refractivity contribution is 5.85. The Labute approximate surface area is 210 Å². The predicted molar refractivity (Wildman–Crippen MR) is 137 cm³/mol. The molecule has 2 saturated carbocycles. The molecular formula is C26H37Cl2N3O2. The molecule has 1 aromatic carbocycles. The third kappa shape index (κ3) is 6.52. The molecule has 182 valence electrons. The van der Waals surface area contributed by atoms with Crippen LogP contribution in [0, 0.1) is 0 Å². The van der Waals surface area contributed by atoms with Crippen LogP contribution in [0.15, 0.2) is 30.3 Å². The molecule has 0 spiro atoms. The number of hydrogen-bond acceptors (Lipinski definition) is 5. The van der Waals surface area contributed by atoms with Gasteiger partial charge < -0.3 is 14.4 Å². The normalized spacial score (nSPS) is 20.3. The highest BCUT2D eigenvalue weighted by atomic mass is 35.5. The van der Waals surface area contributed by atoms with E-state index in [0.29, 0.717) is 17.9 Å². The smallest absolute Gasteiger partial charge is 0.234 e. The molecule has 2 heterocycles.